The van der Waals surface area contributed by atoms with E-state index in [1.165, 1.54) is 25.3 Å². The minimum atomic E-state index is -1.35. The standard InChI is InChI=1S/C20H18ClN3O6/c1-11-7-16(30-2)14(8-13(11)21)22-17(25)9-23-15-6-4-3-5-12(15)19(28)24(20(23)29)10-18(26)27/h3-8H,9-10H2,1-2H3,(H,22,25)(H,26,27). The maximum Gasteiger partial charge on any atom is 0.332 e. The lowest BCUT2D eigenvalue weighted by Gasteiger charge is -2.15. The number of carboxylic acids is 1. The molecule has 0 unspecified atom stereocenters. The van der Waals surface area contributed by atoms with E-state index in [0.29, 0.717) is 21.0 Å². The fourth-order valence-corrected chi connectivity index (χ4v) is 3.22. The molecule has 0 spiro atoms. The number of fused-ring (bicyclic) bond motifs is 1. The number of aromatic nitrogens is 2. The number of anilines is 1. The van der Waals surface area contributed by atoms with E-state index in [9.17, 15) is 19.2 Å². The monoisotopic (exact) mass is 431 g/mol. The Labute approximate surface area is 175 Å². The number of carbonyl (C=O) groups is 2. The second-order valence-electron chi connectivity index (χ2n) is 6.52. The minimum Gasteiger partial charge on any atom is -0.495 e. The van der Waals surface area contributed by atoms with E-state index in [0.717, 1.165) is 10.1 Å². The number of rotatable bonds is 6. The first-order valence-electron chi connectivity index (χ1n) is 8.81. The molecule has 3 rings (SSSR count). The van der Waals surface area contributed by atoms with E-state index in [1.54, 1.807) is 25.1 Å². The smallest absolute Gasteiger partial charge is 0.332 e. The van der Waals surface area contributed by atoms with Crippen LogP contribution in [-0.2, 0) is 22.7 Å². The Balaban J connectivity index is 2.05. The number of nitrogens with zero attached hydrogens (tertiary/aromatic N) is 2. The zero-order valence-electron chi connectivity index (χ0n) is 16.1. The van der Waals surface area contributed by atoms with Crippen molar-refractivity contribution in [2.24, 2.45) is 0 Å². The molecule has 3 aromatic rings. The van der Waals surface area contributed by atoms with E-state index < -0.39 is 36.2 Å². The first kappa shape index (κ1) is 21.1. The molecular weight excluding hydrogens is 414 g/mol. The largest absolute Gasteiger partial charge is 0.495 e. The van der Waals surface area contributed by atoms with Crippen LogP contribution in [0.2, 0.25) is 5.02 Å². The van der Waals surface area contributed by atoms with E-state index in [1.807, 2.05) is 0 Å². The molecule has 0 radical (unpaired) electrons. The fourth-order valence-electron chi connectivity index (χ4n) is 3.05. The summed E-state index contributed by atoms with van der Waals surface area (Å²) >= 11 is 6.12. The van der Waals surface area contributed by atoms with Crippen LogP contribution in [0.15, 0.2) is 46.0 Å². The lowest BCUT2D eigenvalue weighted by Crippen LogP contribution is -2.43. The molecule has 0 saturated carbocycles. The summed E-state index contributed by atoms with van der Waals surface area (Å²) in [5.74, 6) is -1.54. The Morgan fingerprint density at radius 3 is 2.50 bits per heavy atom. The van der Waals surface area contributed by atoms with E-state index in [4.69, 9.17) is 21.4 Å². The van der Waals surface area contributed by atoms with Gasteiger partial charge in [0.2, 0.25) is 5.91 Å². The van der Waals surface area contributed by atoms with Crippen molar-refractivity contribution in [1.82, 2.24) is 9.13 Å². The Morgan fingerprint density at radius 2 is 1.83 bits per heavy atom. The van der Waals surface area contributed by atoms with Crippen LogP contribution >= 0.6 is 11.6 Å². The summed E-state index contributed by atoms with van der Waals surface area (Å²) in [5, 5.41) is 12.2. The molecule has 0 fully saturated rings. The molecule has 9 nitrogen and oxygen atoms in total. The van der Waals surface area contributed by atoms with Gasteiger partial charge in [0.25, 0.3) is 5.56 Å². The van der Waals surface area contributed by atoms with Crippen molar-refractivity contribution in [2.45, 2.75) is 20.0 Å². The zero-order chi connectivity index (χ0) is 22.0. The van der Waals surface area contributed by atoms with Gasteiger partial charge < -0.3 is 15.2 Å². The summed E-state index contributed by atoms with van der Waals surface area (Å²) in [6.45, 7) is 0.521. The van der Waals surface area contributed by atoms with Crippen molar-refractivity contribution < 1.29 is 19.4 Å². The van der Waals surface area contributed by atoms with Gasteiger partial charge in [0.05, 0.1) is 23.7 Å². The van der Waals surface area contributed by atoms with Crippen LogP contribution in [0.4, 0.5) is 5.69 Å². The fraction of sp³-hybridized carbons (Fsp3) is 0.200. The van der Waals surface area contributed by atoms with Crippen LogP contribution in [0.25, 0.3) is 10.9 Å². The molecular formula is C20H18ClN3O6. The van der Waals surface area contributed by atoms with Crippen LogP contribution in [0.3, 0.4) is 0 Å². The summed E-state index contributed by atoms with van der Waals surface area (Å²) in [6.07, 6.45) is 0. The quantitative estimate of drug-likeness (QED) is 0.614. The Kier molecular flexibility index (Phi) is 5.93. The zero-order valence-corrected chi connectivity index (χ0v) is 16.9. The first-order valence-corrected chi connectivity index (χ1v) is 9.19. The highest BCUT2D eigenvalue weighted by atomic mass is 35.5. The minimum absolute atomic E-state index is 0.127. The first-order chi connectivity index (χ1) is 14.2. The number of aliphatic carboxylic acids is 1. The number of para-hydroxylation sites is 1. The topological polar surface area (TPSA) is 120 Å². The third-order valence-corrected chi connectivity index (χ3v) is 4.89. The van der Waals surface area contributed by atoms with E-state index >= 15 is 0 Å². The number of hydrogen-bond donors (Lipinski definition) is 2. The molecule has 0 aliphatic carbocycles. The maximum atomic E-state index is 12.8. The Bertz CT molecular complexity index is 1280. The van der Waals surface area contributed by atoms with Crippen LogP contribution < -0.4 is 21.3 Å². The molecule has 0 bridgehead atoms. The molecule has 0 saturated heterocycles. The second-order valence-corrected chi connectivity index (χ2v) is 6.93. The molecule has 0 atom stereocenters. The summed E-state index contributed by atoms with van der Waals surface area (Å²) in [5.41, 5.74) is -0.339. The summed E-state index contributed by atoms with van der Waals surface area (Å²) < 4.78 is 6.89. The average molecular weight is 432 g/mol. The van der Waals surface area contributed by atoms with Crippen molar-refractivity contribution >= 4 is 40.1 Å². The molecule has 0 aliphatic heterocycles. The normalized spacial score (nSPS) is 10.8. The third-order valence-electron chi connectivity index (χ3n) is 4.48. The highest BCUT2D eigenvalue weighted by Gasteiger charge is 2.18. The number of halogens is 1. The number of nitrogens with one attached hydrogen (secondary N) is 1. The molecule has 30 heavy (non-hydrogen) atoms. The maximum absolute atomic E-state index is 12.8. The molecule has 1 heterocycles. The van der Waals surface area contributed by atoms with Gasteiger partial charge in [-0.2, -0.15) is 0 Å². The summed E-state index contributed by atoms with van der Waals surface area (Å²) in [6, 6.07) is 9.36. The number of hydrogen-bond acceptors (Lipinski definition) is 5. The number of methoxy groups -OCH3 is 1. The molecule has 2 aromatic carbocycles. The third kappa shape index (κ3) is 4.06. The SMILES string of the molecule is COc1cc(C)c(Cl)cc1NC(=O)Cn1c(=O)n(CC(=O)O)c(=O)c2ccccc21. The van der Waals surface area contributed by atoms with Crippen LogP contribution in [0.5, 0.6) is 5.75 Å². The van der Waals surface area contributed by atoms with Gasteiger partial charge in [-0.05, 0) is 36.8 Å². The van der Waals surface area contributed by atoms with Crippen molar-refractivity contribution in [3.63, 3.8) is 0 Å². The summed E-state index contributed by atoms with van der Waals surface area (Å²) in [4.78, 5) is 49.1. The van der Waals surface area contributed by atoms with Gasteiger partial charge in [-0.15, -0.1) is 0 Å². The molecule has 1 aromatic heterocycles. The van der Waals surface area contributed by atoms with E-state index in [-0.39, 0.29) is 10.9 Å². The number of amides is 1. The van der Waals surface area contributed by atoms with Crippen molar-refractivity contribution in [3.05, 3.63) is 67.8 Å². The lowest BCUT2D eigenvalue weighted by atomic mass is 10.2. The molecule has 1 amide bonds. The summed E-state index contributed by atoms with van der Waals surface area (Å²) in [7, 11) is 1.44. The molecule has 2 N–H and O–H groups in total. The highest BCUT2D eigenvalue weighted by Crippen LogP contribution is 2.30. The predicted molar refractivity (Wildman–Crippen MR) is 111 cm³/mol. The Hall–Kier alpha value is -3.59. The van der Waals surface area contributed by atoms with Crippen molar-refractivity contribution in [1.29, 1.82) is 0 Å². The van der Waals surface area contributed by atoms with Crippen LogP contribution in [0, 0.1) is 6.92 Å². The lowest BCUT2D eigenvalue weighted by molar-refractivity contribution is -0.137. The van der Waals surface area contributed by atoms with E-state index in [2.05, 4.69) is 5.32 Å². The van der Waals surface area contributed by atoms with Gasteiger partial charge >= 0.3 is 11.7 Å². The van der Waals surface area contributed by atoms with Crippen molar-refractivity contribution in [3.8, 4) is 5.75 Å². The van der Waals surface area contributed by atoms with Crippen molar-refractivity contribution in [2.75, 3.05) is 12.4 Å². The molecule has 10 heteroatoms. The van der Waals surface area contributed by atoms with Gasteiger partial charge in [-0.3, -0.25) is 19.0 Å². The number of carbonyl (C=O) groups excluding carboxylic acids is 1. The molecule has 156 valence electrons. The van der Waals surface area contributed by atoms with Crippen LogP contribution in [0.1, 0.15) is 5.56 Å². The number of carboxylic acid groups (broad SMARTS) is 1. The average Bonchev–Trinajstić information content (AvgIpc) is 2.70. The van der Waals surface area contributed by atoms with Crippen LogP contribution in [-0.4, -0.2) is 33.2 Å². The second kappa shape index (κ2) is 8.42. The van der Waals surface area contributed by atoms with Gasteiger partial charge in [0, 0.05) is 5.02 Å². The molecule has 0 aliphatic rings. The van der Waals surface area contributed by atoms with Gasteiger partial charge in [0.15, 0.2) is 0 Å². The van der Waals surface area contributed by atoms with Gasteiger partial charge in [0.1, 0.15) is 18.8 Å². The van der Waals surface area contributed by atoms with Gasteiger partial charge in [-0.1, -0.05) is 23.7 Å². The highest BCUT2D eigenvalue weighted by molar-refractivity contribution is 6.31. The Morgan fingerprint density at radius 1 is 1.13 bits per heavy atom. The predicted octanol–water partition coefficient (Wildman–Crippen LogP) is 1.86. The number of ether oxygens (including phenoxy) is 1. The number of benzene rings is 2. The van der Waals surface area contributed by atoms with Gasteiger partial charge in [-0.25, -0.2) is 9.36 Å². The number of aryl methyl sites for hydroxylation is 1.